The number of aromatic nitrogens is 1. The fourth-order valence-corrected chi connectivity index (χ4v) is 12.3. The highest BCUT2D eigenvalue weighted by Crippen LogP contribution is 2.31. The number of aliphatic carboxylic acids is 2. The molecule has 0 bridgehead atoms. The Kier molecular flexibility index (Phi) is 27.9. The fraction of sp³-hybridized carbons (Fsp3) is 0.690. The van der Waals surface area contributed by atoms with Crippen molar-refractivity contribution in [3.8, 4) is 0 Å². The molecule has 25 heteroatoms. The van der Waals surface area contributed by atoms with Crippen LogP contribution in [0.2, 0.25) is 0 Å². The SMILES string of the molecule is CC[C@H](C)[C@@H]([C@@H](CC(=O)N1CCC[C@H]1[C@H](OC)[C@@H](C)C(=O)N[C@@H](Cc1c[nH]c2ccccc12)C(=O)O)OC)N(C)C(=O)[C@@H](NC(=O)[C@H](C(C)C)N(C)CCCC(=O)NNC(=O)CCCCCN1CC(=O)C(SCC(N)C(=O)O)C1=O)C(C)C. The molecule has 2 aliphatic heterocycles. The number of fused-ring (bicyclic) bond motifs is 1. The number of amides is 7. The number of nitrogens with zero attached hydrogens (tertiary/aromatic N) is 4. The van der Waals surface area contributed by atoms with Gasteiger partial charge in [0.05, 0.1) is 49.2 Å². The molecule has 2 saturated heterocycles. The molecule has 1 aromatic heterocycles. The number of rotatable bonds is 35. The van der Waals surface area contributed by atoms with Gasteiger partial charge in [-0.25, -0.2) is 4.79 Å². The number of para-hydroxylation sites is 1. The third-order valence-corrected chi connectivity index (χ3v) is 17.4. The number of hydrogen-bond acceptors (Lipinski definition) is 15. The highest BCUT2D eigenvalue weighted by molar-refractivity contribution is 8.01. The first-order chi connectivity index (χ1) is 39.3. The molecule has 2 unspecified atom stereocenters. The van der Waals surface area contributed by atoms with Crippen LogP contribution in [-0.4, -0.2) is 208 Å². The Bertz CT molecular complexity index is 2550. The summed E-state index contributed by atoms with van der Waals surface area (Å²) < 4.78 is 12.0. The van der Waals surface area contributed by atoms with Crippen LogP contribution in [0.15, 0.2) is 30.5 Å². The lowest BCUT2D eigenvalue weighted by molar-refractivity contribution is -0.148. The molecule has 0 spiro atoms. The summed E-state index contributed by atoms with van der Waals surface area (Å²) in [6.45, 7) is 14.1. The normalized spacial score (nSPS) is 18.8. The van der Waals surface area contributed by atoms with Crippen molar-refractivity contribution < 1.29 is 67.6 Å². The molecule has 0 radical (unpaired) electrons. The maximum absolute atomic E-state index is 14.7. The topological polar surface area (TPSA) is 333 Å². The van der Waals surface area contributed by atoms with Crippen LogP contribution in [-0.2, 0) is 63.8 Å². The number of ether oxygens (including phenoxy) is 2. The van der Waals surface area contributed by atoms with E-state index in [0.717, 1.165) is 28.2 Å². The molecule has 7 amide bonds. The number of Topliss-reactive ketones (excluding diaryl/α,β-unsaturated/α-hetero) is 1. The van der Waals surface area contributed by atoms with Crippen molar-refractivity contribution in [3.63, 3.8) is 0 Å². The maximum Gasteiger partial charge on any atom is 0.326 e. The van der Waals surface area contributed by atoms with Crippen molar-refractivity contribution >= 4 is 81.7 Å². The zero-order valence-electron chi connectivity index (χ0n) is 50.3. The first-order valence-corrected chi connectivity index (χ1v) is 30.0. The maximum atomic E-state index is 14.7. The van der Waals surface area contributed by atoms with Gasteiger partial charge in [-0.2, -0.15) is 0 Å². The average molecular weight is 1190 g/mol. The van der Waals surface area contributed by atoms with Crippen LogP contribution < -0.4 is 27.2 Å². The Balaban J connectivity index is 1.28. The summed E-state index contributed by atoms with van der Waals surface area (Å²) in [6.07, 6.45) is 4.09. The zero-order valence-corrected chi connectivity index (χ0v) is 51.1. The van der Waals surface area contributed by atoms with Crippen molar-refractivity contribution in [2.45, 2.75) is 173 Å². The molecule has 2 fully saturated rings. The number of aromatic amines is 1. The summed E-state index contributed by atoms with van der Waals surface area (Å²) >= 11 is 0.928. The molecule has 464 valence electrons. The molecule has 0 aliphatic carbocycles. The van der Waals surface area contributed by atoms with Gasteiger partial charge in [-0.1, -0.05) is 79.5 Å². The molecule has 83 heavy (non-hydrogen) atoms. The minimum Gasteiger partial charge on any atom is -0.480 e. The number of likely N-dealkylation sites (N-methyl/N-ethyl adjacent to an activating group) is 2. The van der Waals surface area contributed by atoms with Crippen LogP contribution in [0.1, 0.15) is 118 Å². The molecule has 2 aliphatic rings. The van der Waals surface area contributed by atoms with Crippen molar-refractivity contribution in [2.75, 3.05) is 60.2 Å². The molecule has 4 rings (SSSR count). The Morgan fingerprint density at radius 2 is 1.52 bits per heavy atom. The number of unbranched alkanes of at least 4 members (excludes halogenated alkanes) is 2. The van der Waals surface area contributed by atoms with E-state index < -0.39 is 89.3 Å². The van der Waals surface area contributed by atoms with E-state index >= 15 is 0 Å². The minimum absolute atomic E-state index is 0.0452. The van der Waals surface area contributed by atoms with Gasteiger partial charge in [0, 0.05) is 76.5 Å². The first kappa shape index (κ1) is 69.3. The summed E-state index contributed by atoms with van der Waals surface area (Å²) in [5, 5.41) is 24.8. The van der Waals surface area contributed by atoms with Crippen molar-refractivity contribution in [2.24, 2.45) is 29.4 Å². The average Bonchev–Trinajstić information content (AvgIpc) is 4.28. The van der Waals surface area contributed by atoms with Crippen LogP contribution >= 0.6 is 11.8 Å². The second kappa shape index (κ2) is 33.4. The van der Waals surface area contributed by atoms with E-state index in [1.165, 1.54) is 19.1 Å². The van der Waals surface area contributed by atoms with E-state index in [-0.39, 0.29) is 85.1 Å². The van der Waals surface area contributed by atoms with Crippen molar-refractivity contribution in [3.05, 3.63) is 36.0 Å². The molecule has 3 heterocycles. The number of carbonyl (C=O) groups excluding carboxylic acids is 8. The smallest absolute Gasteiger partial charge is 0.326 e. The number of H-pyrrole nitrogens is 1. The highest BCUT2D eigenvalue weighted by Gasteiger charge is 2.44. The number of carboxylic acid groups (broad SMARTS) is 2. The lowest BCUT2D eigenvalue weighted by Crippen LogP contribution is -2.60. The zero-order chi connectivity index (χ0) is 61.8. The number of methoxy groups -OCH3 is 2. The summed E-state index contributed by atoms with van der Waals surface area (Å²) in [5.41, 5.74) is 12.0. The van der Waals surface area contributed by atoms with Crippen LogP contribution in [0, 0.1) is 23.7 Å². The lowest BCUT2D eigenvalue weighted by atomic mass is 9.89. The Labute approximate surface area is 492 Å². The molecule has 2 aromatic rings. The van der Waals surface area contributed by atoms with Gasteiger partial charge in [0.1, 0.15) is 23.4 Å². The van der Waals surface area contributed by atoms with E-state index in [1.54, 1.807) is 37.0 Å². The third-order valence-electron chi connectivity index (χ3n) is 16.1. The molecule has 24 nitrogen and oxygen atoms in total. The number of thioether (sulfide) groups is 1. The second-order valence-electron chi connectivity index (χ2n) is 22.8. The molecule has 11 atom stereocenters. The number of likely N-dealkylation sites (tertiary alicyclic amines) is 2. The van der Waals surface area contributed by atoms with E-state index in [4.69, 9.17) is 20.3 Å². The van der Waals surface area contributed by atoms with Gasteiger partial charge in [0.15, 0.2) is 5.78 Å². The lowest BCUT2D eigenvalue weighted by Gasteiger charge is -2.41. The highest BCUT2D eigenvalue weighted by atomic mass is 32.2. The van der Waals surface area contributed by atoms with Crippen molar-refractivity contribution in [1.82, 2.24) is 46.1 Å². The molecule has 9 N–H and O–H groups in total. The standard InChI is InChI=1S/C58H92N10O14S/c1-12-35(6)50(44(81-10)29-47(72)68-27-18-22-42(68)51(82-11)36(7)53(73)61-41(58(79)80)28-37-30-60-40-21-16-15-20-38(37)40)66(9)55(75)48(33(2)3)62-54(74)49(34(4)5)65(8)25-19-24-46(71)64-63-45(70)23-14-13-17-26-67-31-43(69)52(56(67)76)83-32-39(59)57(77)78/h15-16,20-21,30,33-36,39,41-42,44,48-52,60H,12-14,17-19,22-29,31-32,59H2,1-11H3,(H,61,73)(H,62,74)(H,63,70)(H,64,71)(H,77,78)(H,79,80)/t35-,36+,39?,41-,42-,44+,48-,49-,50-,51+,52?/m0/s1. The number of ketones is 1. The van der Waals surface area contributed by atoms with Crippen LogP contribution in [0.3, 0.4) is 0 Å². The Morgan fingerprint density at radius 3 is 2.12 bits per heavy atom. The predicted octanol–water partition coefficient (Wildman–Crippen LogP) is 2.71. The van der Waals surface area contributed by atoms with Gasteiger partial charge in [-0.15, -0.1) is 11.8 Å². The molecule has 0 saturated carbocycles. The first-order valence-electron chi connectivity index (χ1n) is 29.0. The van der Waals surface area contributed by atoms with Gasteiger partial charge in [0.25, 0.3) is 0 Å². The van der Waals surface area contributed by atoms with Crippen LogP contribution in [0.4, 0.5) is 0 Å². The second-order valence-corrected chi connectivity index (χ2v) is 24.0. The number of benzene rings is 1. The molecule has 1 aromatic carbocycles. The van der Waals surface area contributed by atoms with Crippen LogP contribution in [0.5, 0.6) is 0 Å². The van der Waals surface area contributed by atoms with Gasteiger partial charge < -0.3 is 55.7 Å². The van der Waals surface area contributed by atoms with Gasteiger partial charge in [0.2, 0.25) is 41.4 Å². The van der Waals surface area contributed by atoms with Gasteiger partial charge >= 0.3 is 11.9 Å². The van der Waals surface area contributed by atoms with E-state index in [2.05, 4.69) is 26.5 Å². The number of hydrazine groups is 1. The summed E-state index contributed by atoms with van der Waals surface area (Å²) in [5.74, 6) is -6.98. The van der Waals surface area contributed by atoms with Gasteiger partial charge in [-0.05, 0) is 75.1 Å². The summed E-state index contributed by atoms with van der Waals surface area (Å²) in [7, 11) is 6.40. The third kappa shape index (κ3) is 19.4. The Morgan fingerprint density at radius 1 is 0.855 bits per heavy atom. The summed E-state index contributed by atoms with van der Waals surface area (Å²) in [4.78, 5) is 141. The van der Waals surface area contributed by atoms with Crippen LogP contribution in [0.25, 0.3) is 10.9 Å². The van der Waals surface area contributed by atoms with E-state index in [9.17, 15) is 53.1 Å². The molecular formula is C58H92N10O14S. The number of nitrogens with two attached hydrogens (primary N) is 1. The predicted molar refractivity (Wildman–Crippen MR) is 313 cm³/mol. The quantitative estimate of drug-likeness (QED) is 0.0279. The number of carboxylic acids is 2. The fourth-order valence-electron chi connectivity index (χ4n) is 11.2. The molecular weight excluding hydrogens is 1090 g/mol. The number of nitrogens with one attached hydrogen (secondary N) is 5. The summed E-state index contributed by atoms with van der Waals surface area (Å²) in [6, 6.07) is 2.38. The van der Waals surface area contributed by atoms with E-state index in [0.29, 0.717) is 64.6 Å². The number of carbonyl (C=O) groups is 10. The van der Waals surface area contributed by atoms with Crippen molar-refractivity contribution in [1.29, 1.82) is 0 Å². The monoisotopic (exact) mass is 1180 g/mol. The number of hydrogen-bond donors (Lipinski definition) is 8. The minimum atomic E-state index is -1.22. The van der Waals surface area contributed by atoms with Gasteiger partial charge in [-0.3, -0.25) is 58.9 Å². The largest absolute Gasteiger partial charge is 0.480 e. The van der Waals surface area contributed by atoms with E-state index in [1.807, 2.05) is 70.7 Å². The Hall–Kier alpha value is -6.15.